The zero-order valence-electron chi connectivity index (χ0n) is 5.70. The van der Waals surface area contributed by atoms with Gasteiger partial charge in [-0.1, -0.05) is 6.66 Å². The van der Waals surface area contributed by atoms with Gasteiger partial charge >= 0.3 is 0 Å². The van der Waals surface area contributed by atoms with Crippen LogP contribution >= 0.6 is 9.24 Å². The van der Waals surface area contributed by atoms with Gasteiger partial charge in [-0.05, 0) is 24.3 Å². The van der Waals surface area contributed by atoms with Crippen LogP contribution in [0.15, 0.2) is 24.3 Å². The Bertz CT molecular complexity index is 154. The van der Waals surface area contributed by atoms with Crippen LogP contribution in [-0.4, -0.2) is 18.2 Å². The lowest BCUT2D eigenvalue weighted by Crippen LogP contribution is -1.97. The lowest BCUT2D eigenvalue weighted by Gasteiger charge is -1.87. The summed E-state index contributed by atoms with van der Waals surface area (Å²) >= 11 is 0. The van der Waals surface area contributed by atoms with Crippen molar-refractivity contribution < 1.29 is 9.59 Å². The Morgan fingerprint density at radius 1 is 0.900 bits per heavy atom. The molecule has 0 amide bonds. The highest BCUT2D eigenvalue weighted by atomic mass is 31.0. The molecule has 1 atom stereocenters. The van der Waals surface area contributed by atoms with Crippen molar-refractivity contribution >= 4 is 20.8 Å². The molecule has 10 heavy (non-hydrogen) atoms. The summed E-state index contributed by atoms with van der Waals surface area (Å²) in [7, 11) is 2.42. The molecule has 0 heterocycles. The van der Waals surface area contributed by atoms with Crippen LogP contribution < -0.4 is 0 Å². The fourth-order valence-corrected chi connectivity index (χ4v) is 0.440. The molecule has 0 aromatic rings. The molecule has 0 N–H and O–H groups in total. The molecule has 0 saturated carbocycles. The van der Waals surface area contributed by atoms with Gasteiger partial charge in [0.1, 0.15) is 0 Å². The maximum absolute atomic E-state index is 10.3. The lowest BCUT2D eigenvalue weighted by atomic mass is 10.2. The molecule has 2 nitrogen and oxygen atoms in total. The van der Waals surface area contributed by atoms with E-state index in [0.717, 1.165) is 0 Å². The first-order valence-electron chi connectivity index (χ1n) is 2.81. The van der Waals surface area contributed by atoms with Crippen molar-refractivity contribution in [2.45, 2.75) is 0 Å². The van der Waals surface area contributed by atoms with Crippen molar-refractivity contribution in [3.05, 3.63) is 24.3 Å². The quantitative estimate of drug-likeness (QED) is 0.383. The number of rotatable bonds is 0. The highest BCUT2D eigenvalue weighted by Gasteiger charge is 1.97. The summed E-state index contributed by atoms with van der Waals surface area (Å²) in [4.78, 5) is 20.6. The monoisotopic (exact) mass is 156 g/mol. The van der Waals surface area contributed by atoms with Crippen LogP contribution in [-0.2, 0) is 9.59 Å². The van der Waals surface area contributed by atoms with E-state index >= 15 is 0 Å². The average molecular weight is 156 g/mol. The molecule has 0 fully saturated rings. The molecule has 1 aliphatic rings. The largest absolute Gasteiger partial charge is 0.290 e. The topological polar surface area (TPSA) is 34.1 Å². The first kappa shape index (κ1) is 9.25. The van der Waals surface area contributed by atoms with Crippen molar-refractivity contribution in [3.63, 3.8) is 0 Å². The molecule has 0 aromatic heterocycles. The maximum Gasteiger partial charge on any atom is 0.178 e. The number of carbonyl (C=O) groups is 2. The second-order valence-corrected chi connectivity index (χ2v) is 1.47. The predicted molar refractivity (Wildman–Crippen MR) is 43.9 cm³/mol. The molecule has 3 heteroatoms. The van der Waals surface area contributed by atoms with Crippen molar-refractivity contribution in [1.29, 1.82) is 0 Å². The number of ketones is 2. The molecule has 0 bridgehead atoms. The van der Waals surface area contributed by atoms with E-state index in [0.29, 0.717) is 0 Å². The summed E-state index contributed by atoms with van der Waals surface area (Å²) in [6.45, 7) is 1.92. The standard InChI is InChI=1S/C6H4O2.CH5P/c7-5-1-2-6(8)4-3-5;1-2/h1-4H;2H2,1H3. The lowest BCUT2D eigenvalue weighted by molar-refractivity contribution is -0.113. The Morgan fingerprint density at radius 3 is 1.30 bits per heavy atom. The molecule has 1 rings (SSSR count). The van der Waals surface area contributed by atoms with Gasteiger partial charge in [-0.25, -0.2) is 0 Å². The van der Waals surface area contributed by atoms with Gasteiger partial charge in [0.25, 0.3) is 0 Å². The van der Waals surface area contributed by atoms with E-state index in [-0.39, 0.29) is 11.6 Å². The molecule has 0 saturated heterocycles. The summed E-state index contributed by atoms with van der Waals surface area (Å²) in [6.07, 6.45) is 5.01. The second kappa shape index (κ2) is 5.07. The van der Waals surface area contributed by atoms with Crippen LogP contribution in [0, 0.1) is 0 Å². The Balaban J connectivity index is 0.000000371. The van der Waals surface area contributed by atoms with Crippen LogP contribution in [0.25, 0.3) is 0 Å². The van der Waals surface area contributed by atoms with Crippen molar-refractivity contribution in [2.75, 3.05) is 6.66 Å². The zero-order valence-corrected chi connectivity index (χ0v) is 6.86. The highest BCUT2D eigenvalue weighted by molar-refractivity contribution is 7.15. The van der Waals surface area contributed by atoms with E-state index in [9.17, 15) is 9.59 Å². The molecule has 1 aliphatic carbocycles. The van der Waals surface area contributed by atoms with Gasteiger partial charge in [0.05, 0.1) is 0 Å². The van der Waals surface area contributed by atoms with Gasteiger partial charge in [-0.2, -0.15) is 0 Å². The fraction of sp³-hybridized carbons (Fsp3) is 0.143. The number of allylic oxidation sites excluding steroid dienone is 4. The molecule has 0 aliphatic heterocycles. The minimum absolute atomic E-state index is 0.121. The van der Waals surface area contributed by atoms with E-state index in [1.54, 1.807) is 0 Å². The van der Waals surface area contributed by atoms with E-state index in [1.807, 2.05) is 6.66 Å². The third-order valence-corrected chi connectivity index (χ3v) is 0.824. The van der Waals surface area contributed by atoms with Gasteiger partial charge in [-0.3, -0.25) is 9.59 Å². The molecule has 1 unspecified atom stereocenters. The average Bonchev–Trinajstić information content (AvgIpc) is 2.00. The number of carbonyl (C=O) groups excluding carboxylic acids is 2. The molecule has 54 valence electrons. The van der Waals surface area contributed by atoms with Crippen molar-refractivity contribution in [3.8, 4) is 0 Å². The highest BCUT2D eigenvalue weighted by Crippen LogP contribution is 1.90. The van der Waals surface area contributed by atoms with Crippen LogP contribution in [0.1, 0.15) is 0 Å². The predicted octanol–water partition coefficient (Wildman–Crippen LogP) is 0.742. The molecule has 0 aromatic carbocycles. The van der Waals surface area contributed by atoms with Gasteiger partial charge in [0.15, 0.2) is 11.6 Å². The molecular formula is C7H9O2P. The van der Waals surface area contributed by atoms with Crippen LogP contribution in [0.3, 0.4) is 0 Å². The third kappa shape index (κ3) is 3.31. The Hall–Kier alpha value is -0.750. The van der Waals surface area contributed by atoms with Gasteiger partial charge in [0, 0.05) is 0 Å². The minimum atomic E-state index is -0.121. The normalized spacial score (nSPS) is 14.6. The summed E-state index contributed by atoms with van der Waals surface area (Å²) in [6, 6.07) is 0. The van der Waals surface area contributed by atoms with Crippen molar-refractivity contribution in [2.24, 2.45) is 0 Å². The first-order chi connectivity index (χ1) is 4.79. The Kier molecular flexibility index (Phi) is 4.69. The zero-order chi connectivity index (χ0) is 7.98. The summed E-state index contributed by atoms with van der Waals surface area (Å²) in [5.41, 5.74) is 0. The molecular weight excluding hydrogens is 147 g/mol. The summed E-state index contributed by atoms with van der Waals surface area (Å²) in [5, 5.41) is 0. The van der Waals surface area contributed by atoms with E-state index < -0.39 is 0 Å². The smallest absolute Gasteiger partial charge is 0.178 e. The van der Waals surface area contributed by atoms with E-state index in [1.165, 1.54) is 24.3 Å². The maximum atomic E-state index is 10.3. The Morgan fingerprint density at radius 2 is 1.10 bits per heavy atom. The van der Waals surface area contributed by atoms with E-state index in [2.05, 4.69) is 9.24 Å². The van der Waals surface area contributed by atoms with Crippen molar-refractivity contribution in [1.82, 2.24) is 0 Å². The molecule has 0 radical (unpaired) electrons. The third-order valence-electron chi connectivity index (χ3n) is 0.824. The first-order valence-corrected chi connectivity index (χ1v) is 3.96. The van der Waals surface area contributed by atoms with Gasteiger partial charge in [-0.15, -0.1) is 9.24 Å². The van der Waals surface area contributed by atoms with Gasteiger partial charge in [0.2, 0.25) is 0 Å². The summed E-state index contributed by atoms with van der Waals surface area (Å²) < 4.78 is 0. The fourth-order valence-electron chi connectivity index (χ4n) is 0.440. The SMILES string of the molecule is CP.O=C1C=CC(=O)C=C1. The second-order valence-electron chi connectivity index (χ2n) is 1.47. The Labute approximate surface area is 62.2 Å². The molecule has 0 spiro atoms. The van der Waals surface area contributed by atoms with Gasteiger partial charge < -0.3 is 0 Å². The minimum Gasteiger partial charge on any atom is -0.290 e. The van der Waals surface area contributed by atoms with Crippen LogP contribution in [0.4, 0.5) is 0 Å². The van der Waals surface area contributed by atoms with E-state index in [4.69, 9.17) is 0 Å². The summed E-state index contributed by atoms with van der Waals surface area (Å²) in [5.74, 6) is -0.241. The van der Waals surface area contributed by atoms with Crippen LogP contribution in [0.5, 0.6) is 0 Å². The number of hydrogen-bond acceptors (Lipinski definition) is 2. The van der Waals surface area contributed by atoms with Crippen LogP contribution in [0.2, 0.25) is 0 Å². The number of hydrogen-bond donors (Lipinski definition) is 0.